The Balaban J connectivity index is 2.54. The molecule has 0 radical (unpaired) electrons. The Kier molecular flexibility index (Phi) is 9.47. The first-order valence-electron chi connectivity index (χ1n) is 7.58. The van der Waals surface area contributed by atoms with E-state index in [4.69, 9.17) is 14.2 Å². The Labute approximate surface area is 146 Å². The smallest absolute Gasteiger partial charge is 0.191 e. The first-order chi connectivity index (χ1) is 11.2. The van der Waals surface area contributed by atoms with E-state index in [1.807, 2.05) is 19.1 Å². The molecule has 0 aliphatic rings. The third-order valence-electron chi connectivity index (χ3n) is 3.14. The van der Waals surface area contributed by atoms with Gasteiger partial charge in [-0.1, -0.05) is 0 Å². The van der Waals surface area contributed by atoms with Crippen molar-refractivity contribution < 1.29 is 14.2 Å². The fourth-order valence-electron chi connectivity index (χ4n) is 2.01. The van der Waals surface area contributed by atoms with Crippen LogP contribution in [-0.4, -0.2) is 47.0 Å². The summed E-state index contributed by atoms with van der Waals surface area (Å²) in [5, 5.41) is 6.53. The minimum absolute atomic E-state index is 0.629. The van der Waals surface area contributed by atoms with Gasteiger partial charge in [0, 0.05) is 33.4 Å². The fraction of sp³-hybridized carbons (Fsp3) is 0.562. The zero-order valence-electron chi connectivity index (χ0n) is 14.2. The van der Waals surface area contributed by atoms with Gasteiger partial charge in [-0.2, -0.15) is 0 Å². The van der Waals surface area contributed by atoms with Gasteiger partial charge in [-0.25, -0.2) is 0 Å². The second-order valence-corrected chi connectivity index (χ2v) is 5.57. The number of nitrogens with zero attached hydrogens (tertiary/aromatic N) is 1. The molecule has 0 aliphatic heterocycles. The molecule has 6 nitrogen and oxygen atoms in total. The standard InChI is InChI=1S/C16H26BrN3O3/c1-5-23-8-6-7-19-16(18-2)20-11-12-9-13(17)15(22-4)14(10-12)21-3/h9-10H,5-8,11H2,1-4H3,(H2,18,19,20). The quantitative estimate of drug-likeness (QED) is 0.387. The molecule has 7 heteroatoms. The van der Waals surface area contributed by atoms with Crippen LogP contribution in [0.4, 0.5) is 0 Å². The summed E-state index contributed by atoms with van der Waals surface area (Å²) in [4.78, 5) is 4.21. The van der Waals surface area contributed by atoms with Gasteiger partial charge in [0.25, 0.3) is 0 Å². The maximum Gasteiger partial charge on any atom is 0.191 e. The molecular weight excluding hydrogens is 362 g/mol. The molecule has 0 spiro atoms. The summed E-state index contributed by atoms with van der Waals surface area (Å²) < 4.78 is 16.8. The van der Waals surface area contributed by atoms with Gasteiger partial charge in [-0.3, -0.25) is 4.99 Å². The molecule has 0 aliphatic carbocycles. The predicted octanol–water partition coefficient (Wildman–Crippen LogP) is 2.56. The first kappa shape index (κ1) is 19.6. The van der Waals surface area contributed by atoms with Crippen molar-refractivity contribution in [1.29, 1.82) is 0 Å². The number of ether oxygens (including phenoxy) is 3. The maximum absolute atomic E-state index is 5.35. The van der Waals surface area contributed by atoms with E-state index in [1.165, 1.54) is 0 Å². The van der Waals surface area contributed by atoms with Crippen LogP contribution >= 0.6 is 15.9 Å². The van der Waals surface area contributed by atoms with Crippen molar-refractivity contribution in [3.05, 3.63) is 22.2 Å². The summed E-state index contributed by atoms with van der Waals surface area (Å²) in [5.74, 6) is 2.14. The molecule has 0 unspecified atom stereocenters. The van der Waals surface area contributed by atoms with Crippen LogP contribution in [-0.2, 0) is 11.3 Å². The molecule has 1 aromatic carbocycles. The summed E-state index contributed by atoms with van der Waals surface area (Å²) in [6, 6.07) is 3.94. The van der Waals surface area contributed by atoms with E-state index >= 15 is 0 Å². The van der Waals surface area contributed by atoms with Crippen LogP contribution in [0.25, 0.3) is 0 Å². The molecular formula is C16H26BrN3O3. The normalized spacial score (nSPS) is 11.3. The van der Waals surface area contributed by atoms with E-state index in [0.717, 1.165) is 42.2 Å². The lowest BCUT2D eigenvalue weighted by atomic mass is 10.2. The number of methoxy groups -OCH3 is 2. The number of nitrogens with one attached hydrogen (secondary N) is 2. The second-order valence-electron chi connectivity index (χ2n) is 4.72. The Bertz CT molecular complexity index is 510. The van der Waals surface area contributed by atoms with Crippen molar-refractivity contribution in [2.24, 2.45) is 4.99 Å². The lowest BCUT2D eigenvalue weighted by Crippen LogP contribution is -2.37. The third kappa shape index (κ3) is 6.66. The van der Waals surface area contributed by atoms with Crippen LogP contribution in [0.15, 0.2) is 21.6 Å². The van der Waals surface area contributed by atoms with Gasteiger partial charge in [0.05, 0.1) is 18.7 Å². The zero-order chi connectivity index (χ0) is 17.1. The van der Waals surface area contributed by atoms with Gasteiger partial charge in [-0.05, 0) is 47.0 Å². The Morgan fingerprint density at radius 1 is 1.22 bits per heavy atom. The first-order valence-corrected chi connectivity index (χ1v) is 8.38. The highest BCUT2D eigenvalue weighted by molar-refractivity contribution is 9.10. The van der Waals surface area contributed by atoms with E-state index < -0.39 is 0 Å². The molecule has 0 bridgehead atoms. The molecule has 0 aromatic heterocycles. The molecule has 0 saturated heterocycles. The van der Waals surface area contributed by atoms with E-state index in [1.54, 1.807) is 21.3 Å². The van der Waals surface area contributed by atoms with Crippen LogP contribution in [0.1, 0.15) is 18.9 Å². The Morgan fingerprint density at radius 3 is 2.61 bits per heavy atom. The number of hydrogen-bond donors (Lipinski definition) is 2. The molecule has 0 fully saturated rings. The van der Waals surface area contributed by atoms with Gasteiger partial charge >= 0.3 is 0 Å². The summed E-state index contributed by atoms with van der Waals surface area (Å²) >= 11 is 3.50. The van der Waals surface area contributed by atoms with Crippen molar-refractivity contribution in [1.82, 2.24) is 10.6 Å². The number of hydrogen-bond acceptors (Lipinski definition) is 4. The minimum atomic E-state index is 0.629. The van der Waals surface area contributed by atoms with Gasteiger partial charge < -0.3 is 24.8 Å². The molecule has 0 heterocycles. The Morgan fingerprint density at radius 2 is 2.00 bits per heavy atom. The summed E-state index contributed by atoms with van der Waals surface area (Å²) in [6.45, 7) is 4.94. The van der Waals surface area contributed by atoms with Crippen molar-refractivity contribution in [3.8, 4) is 11.5 Å². The minimum Gasteiger partial charge on any atom is -0.493 e. The summed E-state index contributed by atoms with van der Waals surface area (Å²) in [7, 11) is 5.00. The van der Waals surface area contributed by atoms with Gasteiger partial charge in [-0.15, -0.1) is 0 Å². The van der Waals surface area contributed by atoms with Crippen molar-refractivity contribution in [2.75, 3.05) is 41.0 Å². The summed E-state index contributed by atoms with van der Waals surface area (Å²) in [6.07, 6.45) is 0.941. The fourth-order valence-corrected chi connectivity index (χ4v) is 2.66. The van der Waals surface area contributed by atoms with Crippen LogP contribution < -0.4 is 20.1 Å². The highest BCUT2D eigenvalue weighted by Crippen LogP contribution is 2.36. The monoisotopic (exact) mass is 387 g/mol. The van der Waals surface area contributed by atoms with Gasteiger partial charge in [0.2, 0.25) is 0 Å². The lowest BCUT2D eigenvalue weighted by molar-refractivity contribution is 0.145. The molecule has 0 amide bonds. The average molecular weight is 388 g/mol. The second kappa shape index (κ2) is 11.1. The van der Waals surface area contributed by atoms with Gasteiger partial charge in [0.15, 0.2) is 17.5 Å². The molecule has 130 valence electrons. The predicted molar refractivity (Wildman–Crippen MR) is 96.6 cm³/mol. The largest absolute Gasteiger partial charge is 0.493 e. The van der Waals surface area contributed by atoms with Crippen molar-refractivity contribution in [2.45, 2.75) is 19.9 Å². The lowest BCUT2D eigenvalue weighted by Gasteiger charge is -2.14. The molecule has 0 saturated carbocycles. The third-order valence-corrected chi connectivity index (χ3v) is 3.73. The van der Waals surface area contributed by atoms with E-state index in [2.05, 4.69) is 31.6 Å². The van der Waals surface area contributed by atoms with E-state index in [9.17, 15) is 0 Å². The van der Waals surface area contributed by atoms with Crippen LogP contribution in [0, 0.1) is 0 Å². The van der Waals surface area contributed by atoms with Crippen LogP contribution in [0.3, 0.4) is 0 Å². The topological polar surface area (TPSA) is 64.1 Å². The number of halogens is 1. The average Bonchev–Trinajstić information content (AvgIpc) is 2.56. The highest BCUT2D eigenvalue weighted by Gasteiger charge is 2.10. The van der Waals surface area contributed by atoms with E-state index in [0.29, 0.717) is 18.0 Å². The SMILES string of the molecule is CCOCCCNC(=NC)NCc1cc(Br)c(OC)c(OC)c1. The van der Waals surface area contributed by atoms with Crippen LogP contribution in [0.2, 0.25) is 0 Å². The molecule has 0 atom stereocenters. The molecule has 1 aromatic rings. The number of rotatable bonds is 9. The van der Waals surface area contributed by atoms with Gasteiger partial charge in [0.1, 0.15) is 0 Å². The number of benzene rings is 1. The molecule has 2 N–H and O–H groups in total. The zero-order valence-corrected chi connectivity index (χ0v) is 15.8. The molecule has 23 heavy (non-hydrogen) atoms. The Hall–Kier alpha value is -1.47. The highest BCUT2D eigenvalue weighted by atomic mass is 79.9. The van der Waals surface area contributed by atoms with Crippen LogP contribution in [0.5, 0.6) is 11.5 Å². The maximum atomic E-state index is 5.35. The molecule has 1 rings (SSSR count). The number of aliphatic imine (C=N–C) groups is 1. The number of guanidine groups is 1. The van der Waals surface area contributed by atoms with Crippen molar-refractivity contribution in [3.63, 3.8) is 0 Å². The summed E-state index contributed by atoms with van der Waals surface area (Å²) in [5.41, 5.74) is 1.06. The van der Waals surface area contributed by atoms with E-state index in [-0.39, 0.29) is 0 Å². The van der Waals surface area contributed by atoms with Crippen molar-refractivity contribution >= 4 is 21.9 Å².